The minimum atomic E-state index is -0.712. The number of phenols is 1. The highest BCUT2D eigenvalue weighted by Gasteiger charge is 2.34. The van der Waals surface area contributed by atoms with Crippen LogP contribution in [0, 0.1) is 12.7 Å². The van der Waals surface area contributed by atoms with Crippen LogP contribution in [0.5, 0.6) is 5.75 Å². The number of amides is 1. The van der Waals surface area contributed by atoms with Crippen LogP contribution in [0.1, 0.15) is 44.7 Å². The molecule has 0 aliphatic carbocycles. The third-order valence-corrected chi connectivity index (χ3v) is 9.05. The van der Waals surface area contributed by atoms with Crippen LogP contribution in [0.2, 0.25) is 5.02 Å². The molecule has 238 valence electrons. The first-order valence-electron chi connectivity index (χ1n) is 15.1. The zero-order valence-corrected chi connectivity index (χ0v) is 27.3. The molecule has 46 heavy (non-hydrogen) atoms. The number of halogens is 2. The van der Waals surface area contributed by atoms with E-state index in [9.17, 15) is 14.7 Å². The van der Waals surface area contributed by atoms with E-state index >= 15 is 4.39 Å². The molecule has 0 bridgehead atoms. The molecule has 1 aliphatic rings. The lowest BCUT2D eigenvalue weighted by molar-refractivity contribution is -0.128. The van der Waals surface area contributed by atoms with Crippen molar-refractivity contribution in [1.29, 1.82) is 0 Å². The molecule has 1 N–H and O–H groups in total. The fourth-order valence-corrected chi connectivity index (χ4v) is 6.80. The van der Waals surface area contributed by atoms with Gasteiger partial charge in [0.05, 0.1) is 44.7 Å². The molecule has 1 fully saturated rings. The quantitative estimate of drug-likeness (QED) is 0.238. The van der Waals surface area contributed by atoms with Gasteiger partial charge in [0.1, 0.15) is 17.4 Å². The van der Waals surface area contributed by atoms with Gasteiger partial charge in [-0.05, 0) is 62.6 Å². The van der Waals surface area contributed by atoms with Crippen LogP contribution in [-0.2, 0) is 11.8 Å². The van der Waals surface area contributed by atoms with Gasteiger partial charge in [-0.15, -0.1) is 0 Å². The van der Waals surface area contributed by atoms with E-state index in [2.05, 4.69) is 16.5 Å². The highest BCUT2D eigenvalue weighted by Crippen LogP contribution is 2.40. The van der Waals surface area contributed by atoms with Crippen molar-refractivity contribution in [2.24, 2.45) is 7.05 Å². The molecular weight excluding hydrogens is 609 g/mol. The van der Waals surface area contributed by atoms with Crippen LogP contribution in [0.25, 0.3) is 39.0 Å². The Kier molecular flexibility index (Phi) is 7.84. The highest BCUT2D eigenvalue weighted by atomic mass is 35.5. The molecule has 4 heterocycles. The molecule has 0 unspecified atom stereocenters. The van der Waals surface area contributed by atoms with Crippen LogP contribution in [0.4, 0.5) is 10.2 Å². The predicted molar refractivity (Wildman–Crippen MR) is 178 cm³/mol. The topological polar surface area (TPSA) is 109 Å². The summed E-state index contributed by atoms with van der Waals surface area (Å²) < 4.78 is 18.6. The number of nitrogens with zero attached hydrogens (tertiary/aromatic N) is 7. The van der Waals surface area contributed by atoms with Crippen LogP contribution in [0.3, 0.4) is 0 Å². The second kappa shape index (κ2) is 11.5. The zero-order chi connectivity index (χ0) is 33.2. The average Bonchev–Trinajstić information content (AvgIpc) is 3.36. The second-order valence-corrected chi connectivity index (χ2v) is 12.7. The number of aromatic hydroxyl groups is 1. The lowest BCUT2D eigenvalue weighted by atomic mass is 9.95. The maximum Gasteiger partial charge on any atom is 0.355 e. The number of hydrogen-bond acceptors (Lipinski definition) is 7. The second-order valence-electron chi connectivity index (χ2n) is 12.3. The first-order chi connectivity index (χ1) is 21.8. The van der Waals surface area contributed by atoms with E-state index in [1.54, 1.807) is 17.3 Å². The number of carbonyl (C=O) groups excluding carboxylic acids is 1. The van der Waals surface area contributed by atoms with E-state index in [0.29, 0.717) is 30.0 Å². The minimum Gasteiger partial charge on any atom is -0.507 e. The smallest absolute Gasteiger partial charge is 0.355 e. The van der Waals surface area contributed by atoms with Crippen molar-refractivity contribution in [3.63, 3.8) is 0 Å². The Morgan fingerprint density at radius 2 is 1.91 bits per heavy atom. The molecule has 1 amide bonds. The summed E-state index contributed by atoms with van der Waals surface area (Å²) in [6, 6.07) is 7.11. The molecule has 0 saturated carbocycles. The number of carbonyl (C=O) groups is 1. The van der Waals surface area contributed by atoms with E-state index in [1.165, 1.54) is 28.8 Å². The molecule has 6 rings (SSSR count). The van der Waals surface area contributed by atoms with Gasteiger partial charge < -0.3 is 19.5 Å². The Morgan fingerprint density at radius 3 is 2.59 bits per heavy atom. The SMILES string of the molecule is C=CC(=O)N1C[C@H](C)N(c2nc(=O)n(-c3c(C)cc4c(ncn4C)c3C(C)C)c3nc(-c4c(O)cccc4F)c(Cl)cc23)C[C@H]1C. The number of anilines is 1. The van der Waals surface area contributed by atoms with Gasteiger partial charge in [-0.1, -0.05) is 38.1 Å². The largest absolute Gasteiger partial charge is 0.507 e. The number of benzene rings is 2. The lowest BCUT2D eigenvalue weighted by Crippen LogP contribution is -2.58. The van der Waals surface area contributed by atoms with E-state index in [4.69, 9.17) is 16.6 Å². The van der Waals surface area contributed by atoms with Gasteiger partial charge in [-0.2, -0.15) is 4.98 Å². The van der Waals surface area contributed by atoms with E-state index < -0.39 is 11.5 Å². The Bertz CT molecular complexity index is 2100. The summed E-state index contributed by atoms with van der Waals surface area (Å²) in [5, 5.41) is 11.2. The van der Waals surface area contributed by atoms with Crippen molar-refractivity contribution in [2.45, 2.75) is 52.6 Å². The van der Waals surface area contributed by atoms with E-state index in [1.807, 2.05) is 57.2 Å². The Hall–Kier alpha value is -4.77. The van der Waals surface area contributed by atoms with Gasteiger partial charge in [0.25, 0.3) is 0 Å². The number of aromatic nitrogens is 5. The van der Waals surface area contributed by atoms with E-state index in [-0.39, 0.29) is 51.6 Å². The first kappa shape index (κ1) is 31.2. The summed E-state index contributed by atoms with van der Waals surface area (Å²) in [5.74, 6) is -0.920. The summed E-state index contributed by atoms with van der Waals surface area (Å²) in [7, 11) is 1.91. The van der Waals surface area contributed by atoms with Crippen molar-refractivity contribution in [2.75, 3.05) is 18.0 Å². The van der Waals surface area contributed by atoms with Crippen molar-refractivity contribution < 1.29 is 14.3 Å². The molecule has 3 aromatic heterocycles. The van der Waals surface area contributed by atoms with Gasteiger partial charge in [0, 0.05) is 37.8 Å². The molecule has 12 heteroatoms. The van der Waals surface area contributed by atoms with Gasteiger partial charge in [-0.3, -0.25) is 4.79 Å². The number of aryl methyl sites for hydroxylation is 2. The number of hydrogen-bond donors (Lipinski definition) is 1. The van der Waals surface area contributed by atoms with Gasteiger partial charge in [0.2, 0.25) is 5.91 Å². The zero-order valence-electron chi connectivity index (χ0n) is 26.5. The maximum atomic E-state index is 15.2. The summed E-state index contributed by atoms with van der Waals surface area (Å²) in [4.78, 5) is 44.8. The van der Waals surface area contributed by atoms with Crippen LogP contribution >= 0.6 is 11.6 Å². The predicted octanol–water partition coefficient (Wildman–Crippen LogP) is 5.88. The number of phenolic OH excluding ortho intramolecular Hbond substituents is 1. The summed E-state index contributed by atoms with van der Waals surface area (Å²) in [6.45, 7) is 14.2. The molecule has 0 radical (unpaired) electrons. The number of fused-ring (bicyclic) bond motifs is 2. The molecule has 1 saturated heterocycles. The average molecular weight is 644 g/mol. The third-order valence-electron chi connectivity index (χ3n) is 8.77. The van der Waals surface area contributed by atoms with Crippen LogP contribution in [-0.4, -0.2) is 65.2 Å². The lowest BCUT2D eigenvalue weighted by Gasteiger charge is -2.44. The standard InChI is InChI=1S/C34H35ClFN7O3/c1-8-26(45)41-14-20(6)42(15-19(41)5)32-21-13-22(35)29(28-23(36)10-9-11-25(28)44)38-33(21)43(34(46)39-32)31-18(4)12-24-30(27(31)17(2)3)37-16-40(24)7/h8-13,16-17,19-20,44H,1,14-15H2,2-7H3/t19-,20+/m1/s1. The highest BCUT2D eigenvalue weighted by molar-refractivity contribution is 6.34. The number of imidazole rings is 1. The molecule has 0 spiro atoms. The summed E-state index contributed by atoms with van der Waals surface area (Å²) in [6.07, 6.45) is 3.03. The molecule has 5 aromatic rings. The van der Waals surface area contributed by atoms with Crippen LogP contribution in [0.15, 0.2) is 54.1 Å². The molecule has 1 aliphatic heterocycles. The van der Waals surface area contributed by atoms with E-state index in [0.717, 1.165) is 22.2 Å². The Labute approximate surface area is 270 Å². The summed E-state index contributed by atoms with van der Waals surface area (Å²) in [5.41, 5.74) is 3.28. The van der Waals surface area contributed by atoms with Gasteiger partial charge in [-0.25, -0.2) is 23.7 Å². The normalized spacial score (nSPS) is 17.0. The van der Waals surface area contributed by atoms with Crippen molar-refractivity contribution in [3.8, 4) is 22.7 Å². The first-order valence-corrected chi connectivity index (χ1v) is 15.5. The fraction of sp³-hybridized carbons (Fsp3) is 0.324. The van der Waals surface area contributed by atoms with Gasteiger partial charge >= 0.3 is 5.69 Å². The Morgan fingerprint density at radius 1 is 1.17 bits per heavy atom. The number of pyridine rings is 1. The van der Waals surface area contributed by atoms with Gasteiger partial charge in [0.15, 0.2) is 5.65 Å². The van der Waals surface area contributed by atoms with Crippen molar-refractivity contribution in [1.82, 2.24) is 29.0 Å². The molecule has 2 atom stereocenters. The van der Waals surface area contributed by atoms with Crippen molar-refractivity contribution in [3.05, 3.63) is 81.8 Å². The minimum absolute atomic E-state index is 0.0134. The number of piperazine rings is 1. The molecule has 2 aromatic carbocycles. The maximum absolute atomic E-state index is 15.2. The van der Waals surface area contributed by atoms with Crippen LogP contribution < -0.4 is 10.6 Å². The molecular formula is C34H35ClFN7O3. The van der Waals surface area contributed by atoms with Crippen molar-refractivity contribution >= 4 is 45.4 Å². The monoisotopic (exact) mass is 643 g/mol. The molecule has 10 nitrogen and oxygen atoms in total. The Balaban J connectivity index is 1.71. The summed E-state index contributed by atoms with van der Waals surface area (Å²) >= 11 is 6.82. The number of rotatable bonds is 5. The third kappa shape index (κ3) is 4.89. The fourth-order valence-electron chi connectivity index (χ4n) is 6.55.